The summed E-state index contributed by atoms with van der Waals surface area (Å²) in [5.41, 5.74) is 5.68. The number of urea groups is 1. The van der Waals surface area contributed by atoms with Gasteiger partial charge in [-0.05, 0) is 12.1 Å². The first-order valence-electron chi connectivity index (χ1n) is 5.83. The second kappa shape index (κ2) is 5.79. The van der Waals surface area contributed by atoms with Crippen molar-refractivity contribution in [1.82, 2.24) is 4.90 Å². The second-order valence-electron chi connectivity index (χ2n) is 4.08. The summed E-state index contributed by atoms with van der Waals surface area (Å²) in [6.07, 6.45) is -0.148. The predicted octanol–water partition coefficient (Wildman–Crippen LogP) is 1.02. The van der Waals surface area contributed by atoms with Gasteiger partial charge in [0.1, 0.15) is 5.82 Å². The van der Waals surface area contributed by atoms with Crippen molar-refractivity contribution in [3.05, 3.63) is 30.1 Å². The Kier molecular flexibility index (Phi) is 4.11. The summed E-state index contributed by atoms with van der Waals surface area (Å²) in [5.74, 6) is -0.450. The molecule has 0 bridgehead atoms. The number of hydrogen-bond acceptors (Lipinski definition) is 3. The van der Waals surface area contributed by atoms with Crippen LogP contribution < -0.4 is 11.1 Å². The summed E-state index contributed by atoms with van der Waals surface area (Å²) in [6, 6.07) is 5.73. The van der Waals surface area contributed by atoms with Crippen molar-refractivity contribution in [3.8, 4) is 0 Å². The highest BCUT2D eigenvalue weighted by molar-refractivity contribution is 5.89. The van der Waals surface area contributed by atoms with E-state index in [2.05, 4.69) is 5.32 Å². The monoisotopic (exact) mass is 253 g/mol. The number of benzene rings is 1. The number of halogens is 1. The van der Waals surface area contributed by atoms with E-state index in [0.717, 1.165) is 0 Å². The Bertz CT molecular complexity index is 428. The van der Waals surface area contributed by atoms with Crippen molar-refractivity contribution >= 4 is 11.7 Å². The highest BCUT2D eigenvalue weighted by atomic mass is 19.1. The van der Waals surface area contributed by atoms with Gasteiger partial charge in [0.2, 0.25) is 0 Å². The number of hydrogen-bond donors (Lipinski definition) is 2. The molecule has 0 aliphatic carbocycles. The van der Waals surface area contributed by atoms with E-state index in [1.165, 1.54) is 12.1 Å². The normalized spacial score (nSPS) is 19.7. The third-order valence-corrected chi connectivity index (χ3v) is 2.80. The lowest BCUT2D eigenvalue weighted by molar-refractivity contribution is -0.00661. The fraction of sp³-hybridized carbons (Fsp3) is 0.417. The van der Waals surface area contributed by atoms with Crippen LogP contribution in [0.3, 0.4) is 0 Å². The SMILES string of the molecule is NCC1CN(C(=O)Nc2ccccc2F)CCO1. The molecule has 5 nitrogen and oxygen atoms in total. The van der Waals surface area contributed by atoms with E-state index in [-0.39, 0.29) is 17.8 Å². The number of rotatable bonds is 2. The van der Waals surface area contributed by atoms with Crippen LogP contribution in [0, 0.1) is 5.82 Å². The lowest BCUT2D eigenvalue weighted by Crippen LogP contribution is -2.49. The number of nitrogens with zero attached hydrogens (tertiary/aromatic N) is 1. The van der Waals surface area contributed by atoms with Crippen LogP contribution in [-0.2, 0) is 4.74 Å². The van der Waals surface area contributed by atoms with Crippen molar-refractivity contribution in [1.29, 1.82) is 0 Å². The van der Waals surface area contributed by atoms with Crippen molar-refractivity contribution in [2.75, 3.05) is 31.6 Å². The number of nitrogens with one attached hydrogen (secondary N) is 1. The van der Waals surface area contributed by atoms with E-state index in [1.807, 2.05) is 0 Å². The molecule has 1 heterocycles. The molecule has 1 aromatic rings. The third kappa shape index (κ3) is 2.96. The van der Waals surface area contributed by atoms with Gasteiger partial charge in [0.05, 0.1) is 18.4 Å². The molecule has 0 spiro atoms. The van der Waals surface area contributed by atoms with Gasteiger partial charge in [-0.25, -0.2) is 9.18 Å². The first-order valence-corrected chi connectivity index (χ1v) is 5.83. The fourth-order valence-electron chi connectivity index (χ4n) is 1.80. The zero-order valence-corrected chi connectivity index (χ0v) is 9.93. The summed E-state index contributed by atoms with van der Waals surface area (Å²) >= 11 is 0. The van der Waals surface area contributed by atoms with E-state index < -0.39 is 5.82 Å². The van der Waals surface area contributed by atoms with Crippen molar-refractivity contribution < 1.29 is 13.9 Å². The Morgan fingerprint density at radius 3 is 3.06 bits per heavy atom. The Labute approximate surface area is 105 Å². The van der Waals surface area contributed by atoms with Crippen LogP contribution in [0.5, 0.6) is 0 Å². The van der Waals surface area contributed by atoms with Gasteiger partial charge in [-0.2, -0.15) is 0 Å². The quantitative estimate of drug-likeness (QED) is 0.826. The van der Waals surface area contributed by atoms with Gasteiger partial charge in [-0.1, -0.05) is 12.1 Å². The van der Waals surface area contributed by atoms with Crippen molar-refractivity contribution in [2.45, 2.75) is 6.10 Å². The molecule has 1 unspecified atom stereocenters. The molecule has 3 N–H and O–H groups in total. The van der Waals surface area contributed by atoms with Crippen LogP contribution >= 0.6 is 0 Å². The number of carbonyl (C=O) groups excluding carboxylic acids is 1. The highest BCUT2D eigenvalue weighted by Gasteiger charge is 2.23. The van der Waals surface area contributed by atoms with E-state index in [1.54, 1.807) is 17.0 Å². The van der Waals surface area contributed by atoms with Gasteiger partial charge in [-0.3, -0.25) is 0 Å². The van der Waals surface area contributed by atoms with Crippen LogP contribution in [0.25, 0.3) is 0 Å². The summed E-state index contributed by atoms with van der Waals surface area (Å²) in [4.78, 5) is 13.5. The van der Waals surface area contributed by atoms with Gasteiger partial charge in [0, 0.05) is 19.6 Å². The fourth-order valence-corrected chi connectivity index (χ4v) is 1.80. The summed E-state index contributed by atoms with van der Waals surface area (Å²) < 4.78 is 18.7. The minimum Gasteiger partial charge on any atom is -0.373 e. The minimum atomic E-state index is -0.450. The van der Waals surface area contributed by atoms with E-state index in [9.17, 15) is 9.18 Å². The summed E-state index contributed by atoms with van der Waals surface area (Å²) in [6.45, 7) is 1.73. The van der Waals surface area contributed by atoms with Crippen LogP contribution in [-0.4, -0.2) is 43.3 Å². The molecule has 1 fully saturated rings. The Balaban J connectivity index is 1.97. The lowest BCUT2D eigenvalue weighted by Gasteiger charge is -2.32. The molecule has 6 heteroatoms. The molecular weight excluding hydrogens is 237 g/mol. The molecule has 1 aromatic carbocycles. The van der Waals surface area contributed by atoms with Gasteiger partial charge >= 0.3 is 6.03 Å². The summed E-state index contributed by atoms with van der Waals surface area (Å²) in [7, 11) is 0. The molecule has 0 aromatic heterocycles. The summed E-state index contributed by atoms with van der Waals surface area (Å²) in [5, 5.41) is 2.54. The lowest BCUT2D eigenvalue weighted by atomic mass is 10.3. The van der Waals surface area contributed by atoms with Gasteiger partial charge in [0.25, 0.3) is 0 Å². The molecular formula is C12H16FN3O2. The maximum absolute atomic E-state index is 13.4. The van der Waals surface area contributed by atoms with Gasteiger partial charge in [-0.15, -0.1) is 0 Å². The topological polar surface area (TPSA) is 67.6 Å². The third-order valence-electron chi connectivity index (χ3n) is 2.80. The smallest absolute Gasteiger partial charge is 0.322 e. The first-order chi connectivity index (χ1) is 8.70. The Hall–Kier alpha value is -1.66. The van der Waals surface area contributed by atoms with E-state index in [0.29, 0.717) is 26.2 Å². The van der Waals surface area contributed by atoms with Crippen molar-refractivity contribution in [3.63, 3.8) is 0 Å². The number of ether oxygens (including phenoxy) is 1. The maximum atomic E-state index is 13.4. The Morgan fingerprint density at radius 2 is 2.33 bits per heavy atom. The number of nitrogens with two attached hydrogens (primary N) is 1. The number of morpholine rings is 1. The number of carbonyl (C=O) groups is 1. The molecule has 1 atom stereocenters. The molecule has 18 heavy (non-hydrogen) atoms. The Morgan fingerprint density at radius 1 is 1.56 bits per heavy atom. The molecule has 2 rings (SSSR count). The zero-order valence-electron chi connectivity index (χ0n) is 9.93. The highest BCUT2D eigenvalue weighted by Crippen LogP contribution is 2.14. The molecule has 0 radical (unpaired) electrons. The van der Waals surface area contributed by atoms with Crippen LogP contribution in [0.2, 0.25) is 0 Å². The largest absolute Gasteiger partial charge is 0.373 e. The number of amides is 2. The van der Waals surface area contributed by atoms with Crippen LogP contribution in [0.15, 0.2) is 24.3 Å². The van der Waals surface area contributed by atoms with Crippen LogP contribution in [0.4, 0.5) is 14.9 Å². The van der Waals surface area contributed by atoms with Crippen LogP contribution in [0.1, 0.15) is 0 Å². The number of anilines is 1. The molecule has 1 aliphatic heterocycles. The van der Waals surface area contributed by atoms with E-state index in [4.69, 9.17) is 10.5 Å². The second-order valence-corrected chi connectivity index (χ2v) is 4.08. The first kappa shape index (κ1) is 12.8. The van der Waals surface area contributed by atoms with Gasteiger partial charge < -0.3 is 20.7 Å². The predicted molar refractivity (Wildman–Crippen MR) is 65.8 cm³/mol. The molecule has 2 amide bonds. The average Bonchev–Trinajstić information content (AvgIpc) is 2.41. The van der Waals surface area contributed by atoms with Crippen molar-refractivity contribution in [2.24, 2.45) is 5.73 Å². The zero-order chi connectivity index (χ0) is 13.0. The number of para-hydroxylation sites is 1. The maximum Gasteiger partial charge on any atom is 0.322 e. The molecule has 1 aliphatic rings. The molecule has 1 saturated heterocycles. The average molecular weight is 253 g/mol. The standard InChI is InChI=1S/C12H16FN3O2/c13-10-3-1-2-4-11(10)15-12(17)16-5-6-18-9(7-14)8-16/h1-4,9H,5-8,14H2,(H,15,17). The van der Waals surface area contributed by atoms with E-state index >= 15 is 0 Å². The molecule has 98 valence electrons. The minimum absolute atomic E-state index is 0.148. The van der Waals surface area contributed by atoms with Gasteiger partial charge in [0.15, 0.2) is 0 Å². The molecule has 0 saturated carbocycles.